The molecule has 1 heterocycles. The molecule has 0 aromatic carbocycles. The van der Waals surface area contributed by atoms with E-state index < -0.39 is 0 Å². The summed E-state index contributed by atoms with van der Waals surface area (Å²) in [4.78, 5) is 0. The van der Waals surface area contributed by atoms with Crippen LogP contribution < -0.4 is 0 Å². The van der Waals surface area contributed by atoms with Gasteiger partial charge in [0.05, 0.1) is 0 Å². The molecule has 0 amide bonds. The van der Waals surface area contributed by atoms with Crippen molar-refractivity contribution in [1.29, 1.82) is 0 Å². The highest BCUT2D eigenvalue weighted by Crippen LogP contribution is 2.34. The summed E-state index contributed by atoms with van der Waals surface area (Å²) in [6.07, 6.45) is 9.63. The molecule has 0 aliphatic heterocycles. The van der Waals surface area contributed by atoms with Gasteiger partial charge >= 0.3 is 0 Å². The van der Waals surface area contributed by atoms with Crippen LogP contribution in [0, 0.1) is 0 Å². The maximum atomic E-state index is 4.15. The minimum Gasteiger partial charge on any atom is -0.131 e. The average molecular weight is 309 g/mol. The number of thiol groups is 1. The third-order valence-corrected chi connectivity index (χ3v) is 6.18. The van der Waals surface area contributed by atoms with Crippen LogP contribution in [0.5, 0.6) is 0 Å². The Bertz CT molecular complexity index is 291. The molecule has 0 unspecified atom stereocenters. The van der Waals surface area contributed by atoms with Gasteiger partial charge in [0.25, 0.3) is 0 Å². The third-order valence-electron chi connectivity index (χ3n) is 2.36. The zero-order valence-corrected chi connectivity index (χ0v) is 13.6. The van der Waals surface area contributed by atoms with Crippen molar-refractivity contribution < 1.29 is 0 Å². The Morgan fingerprint density at radius 2 is 1.76 bits per heavy atom. The first kappa shape index (κ1) is 15.7. The van der Waals surface area contributed by atoms with Crippen molar-refractivity contribution in [1.82, 2.24) is 10.2 Å². The standard InChI is InChI=1S/C11H20N2S4/c1-2-3-4-5-6-7-8-9-15-17-11-13-12-10(14)16-11/h2-9H2,1H3,(H,12,14). The molecule has 0 saturated heterocycles. The average Bonchev–Trinajstić information content (AvgIpc) is 2.73. The van der Waals surface area contributed by atoms with Gasteiger partial charge in [-0.3, -0.25) is 0 Å². The molecule has 0 spiro atoms. The van der Waals surface area contributed by atoms with Gasteiger partial charge in [-0.2, -0.15) is 0 Å². The van der Waals surface area contributed by atoms with E-state index in [1.807, 2.05) is 10.8 Å². The largest absolute Gasteiger partial charge is 0.185 e. The Morgan fingerprint density at radius 3 is 2.41 bits per heavy atom. The van der Waals surface area contributed by atoms with Gasteiger partial charge in [0.2, 0.25) is 0 Å². The summed E-state index contributed by atoms with van der Waals surface area (Å²) in [6, 6.07) is 0. The van der Waals surface area contributed by atoms with Gasteiger partial charge in [0.1, 0.15) is 0 Å². The van der Waals surface area contributed by atoms with Crippen LogP contribution in [-0.4, -0.2) is 16.0 Å². The van der Waals surface area contributed by atoms with Crippen LogP contribution in [0.1, 0.15) is 51.9 Å². The zero-order valence-electron chi connectivity index (χ0n) is 10.2. The van der Waals surface area contributed by atoms with Crippen LogP contribution in [0.3, 0.4) is 0 Å². The lowest BCUT2D eigenvalue weighted by molar-refractivity contribution is 0.604. The molecular weight excluding hydrogens is 288 g/mol. The summed E-state index contributed by atoms with van der Waals surface area (Å²) in [5, 5.41) is 7.89. The first-order valence-corrected chi connectivity index (χ1v) is 9.73. The van der Waals surface area contributed by atoms with E-state index in [9.17, 15) is 0 Å². The summed E-state index contributed by atoms with van der Waals surface area (Å²) in [7, 11) is 3.60. The highest BCUT2D eigenvalue weighted by molar-refractivity contribution is 8.77. The molecular formula is C11H20N2S4. The summed E-state index contributed by atoms with van der Waals surface area (Å²) in [5.41, 5.74) is 0. The lowest BCUT2D eigenvalue weighted by Gasteiger charge is -2.00. The van der Waals surface area contributed by atoms with Crippen LogP contribution in [0.25, 0.3) is 0 Å². The smallest absolute Gasteiger partial charge is 0.131 e. The molecule has 1 aromatic rings. The lowest BCUT2D eigenvalue weighted by atomic mass is 10.1. The minimum absolute atomic E-state index is 0.754. The number of nitrogens with zero attached hydrogens (tertiary/aromatic N) is 2. The Balaban J connectivity index is 1.84. The van der Waals surface area contributed by atoms with Crippen LogP contribution in [0.15, 0.2) is 8.68 Å². The summed E-state index contributed by atoms with van der Waals surface area (Å²) >= 11 is 5.70. The van der Waals surface area contributed by atoms with E-state index in [2.05, 4.69) is 29.7 Å². The zero-order chi connectivity index (χ0) is 12.3. The van der Waals surface area contributed by atoms with E-state index in [-0.39, 0.29) is 0 Å². The van der Waals surface area contributed by atoms with Gasteiger partial charge in [-0.25, -0.2) is 0 Å². The molecule has 0 bridgehead atoms. The molecule has 0 aliphatic rings. The highest BCUT2D eigenvalue weighted by Gasteiger charge is 2.01. The molecule has 6 heteroatoms. The van der Waals surface area contributed by atoms with E-state index in [1.165, 1.54) is 50.7 Å². The van der Waals surface area contributed by atoms with Crippen molar-refractivity contribution in [2.75, 3.05) is 5.75 Å². The Hall–Kier alpha value is 0.610. The highest BCUT2D eigenvalue weighted by atomic mass is 33.1. The summed E-state index contributed by atoms with van der Waals surface area (Å²) in [5.74, 6) is 1.21. The minimum atomic E-state index is 0.754. The second-order valence-electron chi connectivity index (χ2n) is 3.88. The predicted octanol–water partition coefficient (Wildman–Crippen LogP) is 5.32. The van der Waals surface area contributed by atoms with Crippen molar-refractivity contribution in [2.45, 2.75) is 60.5 Å². The van der Waals surface area contributed by atoms with E-state index in [0.717, 1.165) is 8.68 Å². The number of hydrogen-bond donors (Lipinski definition) is 1. The van der Waals surface area contributed by atoms with E-state index >= 15 is 0 Å². The second-order valence-corrected chi connectivity index (χ2v) is 8.24. The molecule has 0 radical (unpaired) electrons. The summed E-state index contributed by atoms with van der Waals surface area (Å²) < 4.78 is 1.77. The van der Waals surface area contributed by atoms with Crippen LogP contribution >= 0.6 is 45.6 Å². The van der Waals surface area contributed by atoms with Crippen molar-refractivity contribution in [3.63, 3.8) is 0 Å². The van der Waals surface area contributed by atoms with Crippen LogP contribution in [-0.2, 0) is 0 Å². The fourth-order valence-corrected chi connectivity index (χ4v) is 4.95. The molecule has 98 valence electrons. The molecule has 2 nitrogen and oxygen atoms in total. The first-order chi connectivity index (χ1) is 8.33. The molecule has 17 heavy (non-hydrogen) atoms. The fraction of sp³-hybridized carbons (Fsp3) is 0.818. The third kappa shape index (κ3) is 8.35. The van der Waals surface area contributed by atoms with Crippen molar-refractivity contribution in [3.05, 3.63) is 0 Å². The Labute approximate surface area is 122 Å². The lowest BCUT2D eigenvalue weighted by Crippen LogP contribution is -1.81. The Morgan fingerprint density at radius 1 is 1.06 bits per heavy atom. The number of rotatable bonds is 10. The van der Waals surface area contributed by atoms with Gasteiger partial charge in [-0.1, -0.05) is 67.6 Å². The Kier molecular flexibility index (Phi) is 9.70. The van der Waals surface area contributed by atoms with Crippen LogP contribution in [0.4, 0.5) is 0 Å². The topological polar surface area (TPSA) is 25.8 Å². The number of aromatic nitrogens is 2. The van der Waals surface area contributed by atoms with Gasteiger partial charge in [0.15, 0.2) is 8.68 Å². The van der Waals surface area contributed by atoms with Gasteiger partial charge in [-0.05, 0) is 17.2 Å². The first-order valence-electron chi connectivity index (χ1n) is 6.15. The van der Waals surface area contributed by atoms with E-state index in [4.69, 9.17) is 0 Å². The van der Waals surface area contributed by atoms with Crippen LogP contribution in [0.2, 0.25) is 0 Å². The molecule has 0 saturated carbocycles. The monoisotopic (exact) mass is 308 g/mol. The van der Waals surface area contributed by atoms with Crippen molar-refractivity contribution >= 4 is 45.6 Å². The SMILES string of the molecule is CCCCCCCCCSSc1nnc(S)s1. The second kappa shape index (κ2) is 10.5. The normalized spacial score (nSPS) is 10.9. The molecule has 1 rings (SSSR count). The summed E-state index contributed by atoms with van der Waals surface area (Å²) in [6.45, 7) is 2.26. The molecule has 0 atom stereocenters. The van der Waals surface area contributed by atoms with Crippen molar-refractivity contribution in [2.24, 2.45) is 0 Å². The van der Waals surface area contributed by atoms with E-state index in [1.54, 1.807) is 22.1 Å². The maximum absolute atomic E-state index is 4.15. The maximum Gasteiger partial charge on any atom is 0.185 e. The fourth-order valence-electron chi connectivity index (χ4n) is 1.45. The molecule has 0 N–H and O–H groups in total. The van der Waals surface area contributed by atoms with Gasteiger partial charge in [-0.15, -0.1) is 22.8 Å². The molecule has 0 fully saturated rings. The molecule has 0 aliphatic carbocycles. The van der Waals surface area contributed by atoms with Gasteiger partial charge in [0, 0.05) is 5.75 Å². The van der Waals surface area contributed by atoms with Gasteiger partial charge < -0.3 is 0 Å². The quantitative estimate of drug-likeness (QED) is 0.359. The van der Waals surface area contributed by atoms with E-state index in [0.29, 0.717) is 0 Å². The molecule has 1 aromatic heterocycles. The number of hydrogen-bond acceptors (Lipinski definition) is 6. The van der Waals surface area contributed by atoms with Crippen molar-refractivity contribution in [3.8, 4) is 0 Å². The predicted molar refractivity (Wildman–Crippen MR) is 83.5 cm³/mol. The number of unbranched alkanes of at least 4 members (excludes halogenated alkanes) is 6.